The highest BCUT2D eigenvalue weighted by molar-refractivity contribution is 4.93. The summed E-state index contributed by atoms with van der Waals surface area (Å²) in [6.45, 7) is -0.398. The van der Waals surface area contributed by atoms with Crippen LogP contribution in [-0.4, -0.2) is 49.8 Å². The third kappa shape index (κ3) is 1.97. The predicted octanol–water partition coefficient (Wildman–Crippen LogP) is -2.71. The Morgan fingerprint density at radius 2 is 2.00 bits per heavy atom. The van der Waals surface area contributed by atoms with Crippen molar-refractivity contribution in [2.24, 2.45) is 0 Å². The van der Waals surface area contributed by atoms with Crippen molar-refractivity contribution in [3.05, 3.63) is 32.9 Å². The normalized spacial score (nSPS) is 32.4. The fraction of sp³-hybridized carbons (Fsp3) is 0.556. The number of halogens is 1. The van der Waals surface area contributed by atoms with Gasteiger partial charge in [-0.05, 0) is 0 Å². The fourth-order valence-electron chi connectivity index (χ4n) is 1.71. The van der Waals surface area contributed by atoms with Crippen molar-refractivity contribution in [3.8, 4) is 0 Å². The van der Waals surface area contributed by atoms with Crippen LogP contribution in [0.4, 0.5) is 4.39 Å². The van der Waals surface area contributed by atoms with Crippen molar-refractivity contribution in [3.63, 3.8) is 0 Å². The van der Waals surface area contributed by atoms with E-state index in [-0.39, 0.29) is 0 Å². The van der Waals surface area contributed by atoms with Crippen LogP contribution in [0, 0.1) is 5.82 Å². The summed E-state index contributed by atoms with van der Waals surface area (Å²) in [6.07, 6.45) is -5.65. The first kappa shape index (κ1) is 12.9. The van der Waals surface area contributed by atoms with E-state index in [4.69, 9.17) is 4.74 Å². The zero-order valence-corrected chi connectivity index (χ0v) is 8.99. The number of H-pyrrole nitrogens is 1. The van der Waals surface area contributed by atoms with Gasteiger partial charge in [0.05, 0.1) is 6.61 Å². The van der Waals surface area contributed by atoms with E-state index in [1.54, 1.807) is 0 Å². The number of nitrogens with one attached hydrogen (secondary N) is 1. The van der Waals surface area contributed by atoms with Gasteiger partial charge in [-0.3, -0.25) is 4.79 Å². The van der Waals surface area contributed by atoms with Crippen LogP contribution in [0.15, 0.2) is 15.8 Å². The third-order valence-electron chi connectivity index (χ3n) is 2.69. The lowest BCUT2D eigenvalue weighted by atomic mass is 10.0. The molecule has 9 heteroatoms. The SMILES string of the molecule is O=c1[nH]cc(F)c(=O)n1[C@H]1OC[C@H](O)[C@H](O)[C@@H]1O. The van der Waals surface area contributed by atoms with E-state index in [0.717, 1.165) is 0 Å². The number of nitrogens with zero attached hydrogens (tertiary/aromatic N) is 1. The molecule has 0 radical (unpaired) electrons. The molecule has 0 spiro atoms. The Labute approximate surface area is 98.9 Å². The molecular formula is C9H11FN2O6. The standard InChI is InChI=1S/C9H11FN2O6/c10-3-1-11-9(17)12(7(3)16)8-6(15)5(14)4(13)2-18-8/h1,4-6,8,13-15H,2H2,(H,11,17)/t4-,5-,6-,8-/m0/s1. The number of rotatable bonds is 1. The lowest BCUT2D eigenvalue weighted by molar-refractivity contribution is -0.212. The topological polar surface area (TPSA) is 125 Å². The van der Waals surface area contributed by atoms with Crippen molar-refractivity contribution in [1.29, 1.82) is 0 Å². The first-order chi connectivity index (χ1) is 8.43. The van der Waals surface area contributed by atoms with E-state index in [1.165, 1.54) is 0 Å². The molecule has 0 aromatic carbocycles. The summed E-state index contributed by atoms with van der Waals surface area (Å²) in [6, 6.07) is 0. The van der Waals surface area contributed by atoms with Gasteiger partial charge < -0.3 is 25.0 Å². The molecule has 0 aliphatic carbocycles. The second-order valence-electron chi connectivity index (χ2n) is 3.89. The molecule has 0 unspecified atom stereocenters. The summed E-state index contributed by atoms with van der Waals surface area (Å²) in [5.74, 6) is -1.23. The summed E-state index contributed by atoms with van der Waals surface area (Å²) in [5.41, 5.74) is -2.28. The summed E-state index contributed by atoms with van der Waals surface area (Å²) < 4.78 is 18.3. The maximum atomic E-state index is 13.1. The zero-order valence-electron chi connectivity index (χ0n) is 8.99. The Bertz CT molecular complexity index is 555. The average molecular weight is 262 g/mol. The summed E-state index contributed by atoms with van der Waals surface area (Å²) in [5, 5.41) is 28.3. The van der Waals surface area contributed by atoms with Gasteiger partial charge in [0.15, 0.2) is 6.23 Å². The van der Waals surface area contributed by atoms with E-state index < -0.39 is 48.2 Å². The molecule has 0 bridgehead atoms. The Hall–Kier alpha value is -1.55. The van der Waals surface area contributed by atoms with Gasteiger partial charge in [0, 0.05) is 6.20 Å². The number of hydrogen-bond donors (Lipinski definition) is 4. The van der Waals surface area contributed by atoms with E-state index in [1.807, 2.05) is 4.98 Å². The first-order valence-corrected chi connectivity index (χ1v) is 5.09. The first-order valence-electron chi connectivity index (χ1n) is 5.09. The van der Waals surface area contributed by atoms with Gasteiger partial charge >= 0.3 is 5.69 Å². The molecule has 0 amide bonds. The molecule has 8 nitrogen and oxygen atoms in total. The van der Waals surface area contributed by atoms with E-state index >= 15 is 0 Å². The minimum Gasteiger partial charge on any atom is -0.388 e. The molecule has 2 heterocycles. The largest absolute Gasteiger partial charge is 0.388 e. The summed E-state index contributed by atoms with van der Waals surface area (Å²) in [4.78, 5) is 24.8. The number of aliphatic hydroxyl groups excluding tert-OH is 3. The van der Waals surface area contributed by atoms with Gasteiger partial charge in [0.1, 0.15) is 18.3 Å². The van der Waals surface area contributed by atoms with Crippen molar-refractivity contribution in [1.82, 2.24) is 9.55 Å². The quantitative estimate of drug-likeness (QED) is 0.436. The van der Waals surface area contributed by atoms with Crippen LogP contribution in [0.2, 0.25) is 0 Å². The molecule has 1 aliphatic rings. The van der Waals surface area contributed by atoms with Crippen molar-refractivity contribution < 1.29 is 24.4 Å². The Morgan fingerprint density at radius 3 is 2.67 bits per heavy atom. The molecule has 100 valence electrons. The molecule has 0 saturated carbocycles. The van der Waals surface area contributed by atoms with Crippen LogP contribution in [0.5, 0.6) is 0 Å². The van der Waals surface area contributed by atoms with Gasteiger partial charge in [0.2, 0.25) is 5.82 Å². The van der Waals surface area contributed by atoms with Crippen LogP contribution in [0.3, 0.4) is 0 Å². The number of aromatic amines is 1. The number of aliphatic hydroxyl groups is 3. The molecule has 2 rings (SSSR count). The minimum atomic E-state index is -1.73. The third-order valence-corrected chi connectivity index (χ3v) is 2.69. The van der Waals surface area contributed by atoms with Crippen LogP contribution in [0.1, 0.15) is 6.23 Å². The maximum absolute atomic E-state index is 13.1. The zero-order chi connectivity index (χ0) is 13.4. The average Bonchev–Trinajstić information content (AvgIpc) is 2.34. The van der Waals surface area contributed by atoms with Crippen molar-refractivity contribution in [2.45, 2.75) is 24.5 Å². The number of ether oxygens (including phenoxy) is 1. The molecule has 18 heavy (non-hydrogen) atoms. The Balaban J connectivity index is 2.47. The predicted molar refractivity (Wildman–Crippen MR) is 54.3 cm³/mol. The second kappa shape index (κ2) is 4.61. The summed E-state index contributed by atoms with van der Waals surface area (Å²) >= 11 is 0. The van der Waals surface area contributed by atoms with Crippen LogP contribution in [0.25, 0.3) is 0 Å². The van der Waals surface area contributed by atoms with Gasteiger partial charge in [-0.25, -0.2) is 9.36 Å². The van der Waals surface area contributed by atoms with Gasteiger partial charge in [0.25, 0.3) is 5.56 Å². The lowest BCUT2D eigenvalue weighted by Crippen LogP contribution is -2.55. The van der Waals surface area contributed by atoms with Gasteiger partial charge in [-0.2, -0.15) is 4.39 Å². The molecule has 4 N–H and O–H groups in total. The Kier molecular flexibility index (Phi) is 3.30. The minimum absolute atomic E-state index is 0.315. The molecular weight excluding hydrogens is 251 g/mol. The van der Waals surface area contributed by atoms with Gasteiger partial charge in [-0.15, -0.1) is 0 Å². The number of hydrogen-bond acceptors (Lipinski definition) is 6. The molecule has 1 aliphatic heterocycles. The van der Waals surface area contributed by atoms with E-state index in [0.29, 0.717) is 10.8 Å². The lowest BCUT2D eigenvalue weighted by Gasteiger charge is -2.35. The highest BCUT2D eigenvalue weighted by Crippen LogP contribution is 2.21. The number of aromatic nitrogens is 2. The van der Waals surface area contributed by atoms with Crippen LogP contribution in [-0.2, 0) is 4.74 Å². The molecule has 1 fully saturated rings. The summed E-state index contributed by atoms with van der Waals surface area (Å²) in [7, 11) is 0. The highest BCUT2D eigenvalue weighted by atomic mass is 19.1. The van der Waals surface area contributed by atoms with Crippen LogP contribution < -0.4 is 11.2 Å². The van der Waals surface area contributed by atoms with Crippen molar-refractivity contribution >= 4 is 0 Å². The smallest absolute Gasteiger partial charge is 0.330 e. The van der Waals surface area contributed by atoms with Crippen LogP contribution >= 0.6 is 0 Å². The molecule has 4 atom stereocenters. The van der Waals surface area contributed by atoms with E-state index in [2.05, 4.69) is 0 Å². The van der Waals surface area contributed by atoms with E-state index in [9.17, 15) is 29.3 Å². The molecule has 1 aromatic rings. The van der Waals surface area contributed by atoms with Crippen molar-refractivity contribution in [2.75, 3.05) is 6.61 Å². The Morgan fingerprint density at radius 1 is 1.33 bits per heavy atom. The monoisotopic (exact) mass is 262 g/mol. The molecule has 1 saturated heterocycles. The fourth-order valence-corrected chi connectivity index (χ4v) is 1.71. The maximum Gasteiger partial charge on any atom is 0.330 e. The highest BCUT2D eigenvalue weighted by Gasteiger charge is 2.40. The molecule has 1 aromatic heterocycles. The second-order valence-corrected chi connectivity index (χ2v) is 3.89. The van der Waals surface area contributed by atoms with Gasteiger partial charge in [-0.1, -0.05) is 0 Å².